The van der Waals surface area contributed by atoms with Gasteiger partial charge in [0.1, 0.15) is 5.82 Å². The molecule has 1 aliphatic rings. The quantitative estimate of drug-likeness (QED) is 0.758. The van der Waals surface area contributed by atoms with Crippen molar-refractivity contribution < 1.29 is 27.2 Å². The summed E-state index contributed by atoms with van der Waals surface area (Å²) in [5.41, 5.74) is -1.37. The Morgan fingerprint density at radius 1 is 1.26 bits per heavy atom. The molecule has 1 fully saturated rings. The number of hydrogen-bond acceptors (Lipinski definition) is 2. The largest absolute Gasteiger partial charge is 0.416 e. The fourth-order valence-electron chi connectivity index (χ4n) is 3.10. The van der Waals surface area contributed by atoms with Gasteiger partial charge in [0, 0.05) is 25.4 Å². The van der Waals surface area contributed by atoms with Crippen LogP contribution in [-0.4, -0.2) is 29.8 Å². The minimum absolute atomic E-state index is 0.0208. The second kappa shape index (κ2) is 8.71. The van der Waals surface area contributed by atoms with E-state index in [9.17, 15) is 27.2 Å². The number of carbonyl (C=O) groups is 2. The number of amides is 2. The summed E-state index contributed by atoms with van der Waals surface area (Å²) >= 11 is 0. The smallest absolute Gasteiger partial charge is 0.342 e. The molecule has 2 rings (SSSR count). The molecule has 0 aromatic heterocycles. The highest BCUT2D eigenvalue weighted by Gasteiger charge is 2.31. The Balaban J connectivity index is 1.86. The van der Waals surface area contributed by atoms with E-state index in [2.05, 4.69) is 5.32 Å². The SMILES string of the molecule is CC[C@H](C)C(=O)N1CCC(CC(=O)Nc2ccc(C(F)(F)F)cc2F)CC1. The summed E-state index contributed by atoms with van der Waals surface area (Å²) < 4.78 is 51.5. The molecule has 1 aromatic carbocycles. The van der Waals surface area contributed by atoms with E-state index in [1.54, 1.807) is 4.90 Å². The lowest BCUT2D eigenvalue weighted by Crippen LogP contribution is -2.41. The summed E-state index contributed by atoms with van der Waals surface area (Å²) in [6, 6.07) is 2.02. The average molecular weight is 388 g/mol. The third-order valence-corrected chi connectivity index (χ3v) is 5.00. The van der Waals surface area contributed by atoms with E-state index in [1.165, 1.54) is 0 Å². The van der Waals surface area contributed by atoms with Gasteiger partial charge < -0.3 is 10.2 Å². The lowest BCUT2D eigenvalue weighted by Gasteiger charge is -2.33. The molecule has 8 heteroatoms. The first-order valence-corrected chi connectivity index (χ1v) is 9.07. The second-order valence-electron chi connectivity index (χ2n) is 7.02. The van der Waals surface area contributed by atoms with Crippen LogP contribution < -0.4 is 5.32 Å². The number of piperidine rings is 1. The Labute approximate surface area is 155 Å². The molecule has 0 unspecified atom stereocenters. The van der Waals surface area contributed by atoms with Gasteiger partial charge in [0.05, 0.1) is 11.3 Å². The predicted octanol–water partition coefficient (Wildman–Crippen LogP) is 4.46. The number of likely N-dealkylation sites (tertiary alicyclic amines) is 1. The number of rotatable bonds is 5. The van der Waals surface area contributed by atoms with Crippen LogP contribution in [0.5, 0.6) is 0 Å². The molecule has 1 saturated heterocycles. The van der Waals surface area contributed by atoms with E-state index in [1.807, 2.05) is 13.8 Å². The molecule has 1 aliphatic heterocycles. The number of halogens is 4. The van der Waals surface area contributed by atoms with Crippen molar-refractivity contribution in [3.8, 4) is 0 Å². The van der Waals surface area contributed by atoms with Crippen LogP contribution in [-0.2, 0) is 15.8 Å². The number of carbonyl (C=O) groups excluding carboxylic acids is 2. The number of benzene rings is 1. The molecule has 0 saturated carbocycles. The second-order valence-corrected chi connectivity index (χ2v) is 7.02. The highest BCUT2D eigenvalue weighted by molar-refractivity contribution is 5.91. The van der Waals surface area contributed by atoms with Gasteiger partial charge in [-0.05, 0) is 43.4 Å². The van der Waals surface area contributed by atoms with Crippen LogP contribution in [0.4, 0.5) is 23.2 Å². The molecule has 150 valence electrons. The van der Waals surface area contributed by atoms with Crippen LogP contribution in [0.3, 0.4) is 0 Å². The zero-order valence-corrected chi connectivity index (χ0v) is 15.4. The minimum atomic E-state index is -4.63. The lowest BCUT2D eigenvalue weighted by atomic mass is 9.92. The third-order valence-electron chi connectivity index (χ3n) is 5.00. The van der Waals surface area contributed by atoms with Gasteiger partial charge in [0.25, 0.3) is 0 Å². The number of anilines is 1. The van der Waals surface area contributed by atoms with Crippen molar-refractivity contribution >= 4 is 17.5 Å². The van der Waals surface area contributed by atoms with Crippen molar-refractivity contribution in [2.75, 3.05) is 18.4 Å². The normalized spacial score (nSPS) is 16.9. The van der Waals surface area contributed by atoms with Gasteiger partial charge in [-0.25, -0.2) is 4.39 Å². The standard InChI is InChI=1S/C19H24F4N2O2/c1-3-12(2)18(27)25-8-6-13(7-9-25)10-17(26)24-16-5-4-14(11-15(16)20)19(21,22)23/h4-5,11-13H,3,6-10H2,1-2H3,(H,24,26)/t12-/m0/s1. The van der Waals surface area contributed by atoms with Crippen molar-refractivity contribution in [2.24, 2.45) is 11.8 Å². The average Bonchev–Trinajstić information content (AvgIpc) is 2.61. The summed E-state index contributed by atoms with van der Waals surface area (Å²) in [4.78, 5) is 26.1. The summed E-state index contributed by atoms with van der Waals surface area (Å²) in [6.07, 6.45) is -2.37. The first kappa shape index (κ1) is 21.2. The zero-order valence-electron chi connectivity index (χ0n) is 15.4. The first-order valence-electron chi connectivity index (χ1n) is 9.07. The molecule has 1 atom stereocenters. The van der Waals surface area contributed by atoms with Crippen LogP contribution in [0.25, 0.3) is 0 Å². The number of nitrogens with zero attached hydrogens (tertiary/aromatic N) is 1. The molecular weight excluding hydrogens is 364 g/mol. The number of hydrogen-bond donors (Lipinski definition) is 1. The van der Waals surface area contributed by atoms with E-state index in [-0.39, 0.29) is 29.9 Å². The van der Waals surface area contributed by atoms with Crippen LogP contribution in [0.1, 0.15) is 45.1 Å². The van der Waals surface area contributed by atoms with Crippen LogP contribution in [0, 0.1) is 17.7 Å². The Bertz CT molecular complexity index is 683. The van der Waals surface area contributed by atoms with E-state index in [0.29, 0.717) is 32.0 Å². The van der Waals surface area contributed by atoms with Crippen molar-refractivity contribution in [3.05, 3.63) is 29.6 Å². The Morgan fingerprint density at radius 2 is 1.89 bits per heavy atom. The molecule has 0 radical (unpaired) electrons. The fraction of sp³-hybridized carbons (Fsp3) is 0.579. The summed E-state index contributed by atoms with van der Waals surface area (Å²) in [5, 5.41) is 2.34. The number of nitrogens with one attached hydrogen (secondary N) is 1. The highest BCUT2D eigenvalue weighted by atomic mass is 19.4. The van der Waals surface area contributed by atoms with Crippen molar-refractivity contribution in [3.63, 3.8) is 0 Å². The summed E-state index contributed by atoms with van der Waals surface area (Å²) in [6.45, 7) is 5.01. The maximum atomic E-state index is 13.8. The van der Waals surface area contributed by atoms with Gasteiger partial charge in [0.15, 0.2) is 0 Å². The number of alkyl halides is 3. The Morgan fingerprint density at radius 3 is 2.41 bits per heavy atom. The maximum Gasteiger partial charge on any atom is 0.416 e. The van der Waals surface area contributed by atoms with E-state index in [4.69, 9.17) is 0 Å². The molecule has 2 amide bonds. The van der Waals surface area contributed by atoms with E-state index < -0.39 is 23.5 Å². The predicted molar refractivity (Wildman–Crippen MR) is 93.4 cm³/mol. The van der Waals surface area contributed by atoms with Crippen LogP contribution in [0.2, 0.25) is 0 Å². The topological polar surface area (TPSA) is 49.4 Å². The molecule has 0 bridgehead atoms. The molecule has 1 aromatic rings. The maximum absolute atomic E-state index is 13.8. The molecule has 1 N–H and O–H groups in total. The first-order chi connectivity index (χ1) is 12.6. The fourth-order valence-corrected chi connectivity index (χ4v) is 3.10. The molecular formula is C19H24F4N2O2. The highest BCUT2D eigenvalue weighted by Crippen LogP contribution is 2.31. The van der Waals surface area contributed by atoms with Crippen LogP contribution >= 0.6 is 0 Å². The van der Waals surface area contributed by atoms with Crippen molar-refractivity contribution in [1.29, 1.82) is 0 Å². The van der Waals surface area contributed by atoms with Gasteiger partial charge in [-0.1, -0.05) is 13.8 Å². The van der Waals surface area contributed by atoms with Crippen molar-refractivity contribution in [2.45, 2.75) is 45.7 Å². The van der Waals surface area contributed by atoms with Gasteiger partial charge in [-0.2, -0.15) is 13.2 Å². The van der Waals surface area contributed by atoms with Gasteiger partial charge in [0.2, 0.25) is 11.8 Å². The molecule has 0 spiro atoms. The Kier molecular flexibility index (Phi) is 6.84. The summed E-state index contributed by atoms with van der Waals surface area (Å²) in [5.74, 6) is -1.41. The van der Waals surface area contributed by atoms with Crippen molar-refractivity contribution in [1.82, 2.24) is 4.90 Å². The zero-order chi connectivity index (χ0) is 20.2. The molecule has 27 heavy (non-hydrogen) atoms. The molecule has 0 aliphatic carbocycles. The van der Waals surface area contributed by atoms with E-state index >= 15 is 0 Å². The van der Waals surface area contributed by atoms with Gasteiger partial charge in [-0.3, -0.25) is 9.59 Å². The van der Waals surface area contributed by atoms with Crippen LogP contribution in [0.15, 0.2) is 18.2 Å². The summed E-state index contributed by atoms with van der Waals surface area (Å²) in [7, 11) is 0. The minimum Gasteiger partial charge on any atom is -0.342 e. The van der Waals surface area contributed by atoms with Gasteiger partial charge >= 0.3 is 6.18 Å². The Hall–Kier alpha value is -2.12. The molecule has 4 nitrogen and oxygen atoms in total. The monoisotopic (exact) mass is 388 g/mol. The third kappa shape index (κ3) is 5.68. The molecule has 1 heterocycles. The van der Waals surface area contributed by atoms with E-state index in [0.717, 1.165) is 18.6 Å². The van der Waals surface area contributed by atoms with Gasteiger partial charge in [-0.15, -0.1) is 0 Å². The lowest BCUT2D eigenvalue weighted by molar-refractivity contribution is -0.138.